The van der Waals surface area contributed by atoms with Gasteiger partial charge in [-0.05, 0) is 18.3 Å². The summed E-state index contributed by atoms with van der Waals surface area (Å²) in [7, 11) is 3.81. The number of rotatable bonds is 0. The van der Waals surface area contributed by atoms with Crippen molar-refractivity contribution in [3.63, 3.8) is 0 Å². The van der Waals surface area contributed by atoms with Gasteiger partial charge in [0, 0.05) is 20.1 Å². The molecule has 1 heterocycles. The minimum atomic E-state index is 0.807. The lowest BCUT2D eigenvalue weighted by molar-refractivity contribution is 0.135. The first-order valence-electron chi connectivity index (χ1n) is 2.86. The van der Waals surface area contributed by atoms with E-state index >= 15 is 0 Å². The monoisotopic (exact) mass is 96.1 g/mol. The Hall–Kier alpha value is -0.0400. The van der Waals surface area contributed by atoms with Gasteiger partial charge in [0.25, 0.3) is 0 Å². The predicted molar refractivity (Wildman–Crippen MR) is 28.6 cm³/mol. The van der Waals surface area contributed by atoms with Crippen molar-refractivity contribution in [2.45, 2.75) is 12.8 Å². The van der Waals surface area contributed by atoms with Crippen molar-refractivity contribution >= 4 is 0 Å². The maximum absolute atomic E-state index is 3.81. The second-order valence-electron chi connectivity index (χ2n) is 2.99. The van der Waals surface area contributed by atoms with Gasteiger partial charge < -0.3 is 4.90 Å². The van der Waals surface area contributed by atoms with Crippen LogP contribution in [0.4, 0.5) is 0 Å². The highest BCUT2D eigenvalue weighted by molar-refractivity contribution is 5.04. The Bertz CT molecular complexity index is 86.4. The minimum absolute atomic E-state index is 0.807. The molecule has 0 aromatic carbocycles. The number of hydrogen-bond donors (Lipinski definition) is 0. The Labute approximate surface area is 44.3 Å². The van der Waals surface area contributed by atoms with Crippen LogP contribution >= 0.6 is 0 Å². The van der Waals surface area contributed by atoms with E-state index in [9.17, 15) is 0 Å². The fraction of sp³-hybridized carbons (Fsp3) is 0.833. The summed E-state index contributed by atoms with van der Waals surface area (Å²) in [5.41, 5.74) is 0.807. The van der Waals surface area contributed by atoms with Crippen molar-refractivity contribution in [1.29, 1.82) is 0 Å². The zero-order valence-electron chi connectivity index (χ0n) is 4.48. The topological polar surface area (TPSA) is 3.24 Å². The van der Waals surface area contributed by atoms with Crippen LogP contribution in [0.15, 0.2) is 0 Å². The van der Waals surface area contributed by atoms with Crippen LogP contribution in [-0.2, 0) is 0 Å². The summed E-state index contributed by atoms with van der Waals surface area (Å²) in [4.78, 5) is 2.15. The third kappa shape index (κ3) is 0.418. The van der Waals surface area contributed by atoms with Crippen molar-refractivity contribution in [2.75, 3.05) is 13.1 Å². The molecule has 7 heavy (non-hydrogen) atoms. The molecule has 0 amide bonds. The first-order chi connectivity index (χ1) is 3.31. The lowest BCUT2D eigenvalue weighted by Gasteiger charge is -2.36. The molecule has 1 nitrogen and oxygen atoms in total. The van der Waals surface area contributed by atoms with Gasteiger partial charge >= 0.3 is 0 Å². The quantitative estimate of drug-likeness (QED) is 0.432. The second-order valence-corrected chi connectivity index (χ2v) is 2.99. The van der Waals surface area contributed by atoms with E-state index in [-0.39, 0.29) is 0 Å². The van der Waals surface area contributed by atoms with E-state index in [1.807, 2.05) is 0 Å². The van der Waals surface area contributed by atoms with Crippen LogP contribution in [0.1, 0.15) is 12.8 Å². The van der Waals surface area contributed by atoms with E-state index in [2.05, 4.69) is 11.9 Å². The molecular weight excluding hydrogens is 86.1 g/mol. The molecular formula is C6H10N. The van der Waals surface area contributed by atoms with E-state index in [4.69, 9.17) is 0 Å². The van der Waals surface area contributed by atoms with Crippen molar-refractivity contribution in [3.8, 4) is 0 Å². The lowest BCUT2D eigenvalue weighted by Crippen LogP contribution is -2.43. The van der Waals surface area contributed by atoms with Gasteiger partial charge in [-0.3, -0.25) is 0 Å². The predicted octanol–water partition coefficient (Wildman–Crippen LogP) is 0.874. The van der Waals surface area contributed by atoms with Crippen LogP contribution in [0.5, 0.6) is 0 Å². The molecule has 1 heteroatoms. The van der Waals surface area contributed by atoms with Crippen LogP contribution in [0, 0.1) is 12.5 Å². The Morgan fingerprint density at radius 3 is 2.00 bits per heavy atom. The Morgan fingerprint density at radius 1 is 1.29 bits per heavy atom. The minimum Gasteiger partial charge on any atom is -0.301 e. The fourth-order valence-electron chi connectivity index (χ4n) is 1.40. The zero-order valence-corrected chi connectivity index (χ0v) is 4.48. The number of hydrogen-bond acceptors (Lipinski definition) is 1. The van der Waals surface area contributed by atoms with Gasteiger partial charge in [-0.15, -0.1) is 0 Å². The smallest absolute Gasteiger partial charge is 0.0110 e. The Kier molecular flexibility index (Phi) is 0.487. The van der Waals surface area contributed by atoms with Crippen molar-refractivity contribution < 1.29 is 0 Å². The second kappa shape index (κ2) is 0.873. The summed E-state index contributed by atoms with van der Waals surface area (Å²) in [6, 6.07) is 0. The zero-order chi connectivity index (χ0) is 4.91. The van der Waals surface area contributed by atoms with Crippen LogP contribution in [-0.4, -0.2) is 18.0 Å². The molecule has 1 aliphatic carbocycles. The molecule has 0 atom stereocenters. The van der Waals surface area contributed by atoms with Crippen LogP contribution in [0.2, 0.25) is 0 Å². The summed E-state index contributed by atoms with van der Waals surface area (Å²) in [6.07, 6.45) is 2.94. The average Bonchev–Trinajstić information content (AvgIpc) is 2.14. The van der Waals surface area contributed by atoms with Gasteiger partial charge in [0.1, 0.15) is 0 Å². The highest BCUT2D eigenvalue weighted by Gasteiger charge is 2.50. The normalized spacial score (nSPS) is 35.6. The molecule has 1 saturated carbocycles. The third-order valence-corrected chi connectivity index (χ3v) is 2.08. The first kappa shape index (κ1) is 3.90. The molecule has 2 aliphatic rings. The third-order valence-electron chi connectivity index (χ3n) is 2.08. The summed E-state index contributed by atoms with van der Waals surface area (Å²) >= 11 is 0. The molecule has 0 aromatic heterocycles. The molecule has 2 fully saturated rings. The molecule has 1 aliphatic heterocycles. The molecule has 1 spiro atoms. The van der Waals surface area contributed by atoms with Gasteiger partial charge in [0.2, 0.25) is 0 Å². The van der Waals surface area contributed by atoms with E-state index in [1.165, 1.54) is 25.9 Å². The molecule has 39 valence electrons. The van der Waals surface area contributed by atoms with Gasteiger partial charge in [-0.1, -0.05) is 0 Å². The highest BCUT2D eigenvalue weighted by atomic mass is 15.2. The Balaban J connectivity index is 1.97. The Morgan fingerprint density at radius 2 is 1.86 bits per heavy atom. The van der Waals surface area contributed by atoms with Crippen molar-refractivity contribution in [3.05, 3.63) is 7.05 Å². The van der Waals surface area contributed by atoms with E-state index in [0.717, 1.165) is 5.41 Å². The van der Waals surface area contributed by atoms with E-state index in [1.54, 1.807) is 0 Å². The van der Waals surface area contributed by atoms with Gasteiger partial charge in [-0.25, -0.2) is 0 Å². The van der Waals surface area contributed by atoms with Crippen LogP contribution in [0.25, 0.3) is 0 Å². The summed E-state index contributed by atoms with van der Waals surface area (Å²) in [6.45, 7) is 2.54. The number of likely N-dealkylation sites (tertiary alicyclic amines) is 1. The van der Waals surface area contributed by atoms with E-state index < -0.39 is 0 Å². The van der Waals surface area contributed by atoms with E-state index in [0.29, 0.717) is 0 Å². The SMILES string of the molecule is [CH2]N1CC2(CC2)C1. The van der Waals surface area contributed by atoms with Crippen molar-refractivity contribution in [1.82, 2.24) is 4.90 Å². The first-order valence-corrected chi connectivity index (χ1v) is 2.86. The fourth-order valence-corrected chi connectivity index (χ4v) is 1.40. The molecule has 1 radical (unpaired) electrons. The lowest BCUT2D eigenvalue weighted by atomic mass is 9.98. The molecule has 1 saturated heterocycles. The largest absolute Gasteiger partial charge is 0.301 e. The summed E-state index contributed by atoms with van der Waals surface area (Å²) in [5, 5.41) is 0. The molecule has 0 unspecified atom stereocenters. The van der Waals surface area contributed by atoms with Crippen LogP contribution in [0.3, 0.4) is 0 Å². The highest BCUT2D eigenvalue weighted by Crippen LogP contribution is 2.52. The van der Waals surface area contributed by atoms with Crippen LogP contribution < -0.4 is 0 Å². The average molecular weight is 96.2 g/mol. The standard InChI is InChI=1S/C6H10N/c1-7-4-6(5-7)2-3-6/h1-5H2. The van der Waals surface area contributed by atoms with Gasteiger partial charge in [0.05, 0.1) is 0 Å². The summed E-state index contributed by atoms with van der Waals surface area (Å²) < 4.78 is 0. The molecule has 0 N–H and O–H groups in total. The molecule has 0 aromatic rings. The molecule has 0 bridgehead atoms. The van der Waals surface area contributed by atoms with Gasteiger partial charge in [-0.2, -0.15) is 0 Å². The summed E-state index contributed by atoms with van der Waals surface area (Å²) in [5.74, 6) is 0. The molecule has 2 rings (SSSR count). The number of nitrogens with zero attached hydrogens (tertiary/aromatic N) is 1. The van der Waals surface area contributed by atoms with Crippen molar-refractivity contribution in [2.24, 2.45) is 5.41 Å². The maximum Gasteiger partial charge on any atom is 0.0110 e. The van der Waals surface area contributed by atoms with Gasteiger partial charge in [0.15, 0.2) is 0 Å². The maximum atomic E-state index is 3.81.